The van der Waals surface area contributed by atoms with E-state index in [1.165, 1.54) is 0 Å². The summed E-state index contributed by atoms with van der Waals surface area (Å²) in [5, 5.41) is 4.11. The summed E-state index contributed by atoms with van der Waals surface area (Å²) < 4.78 is 2.69. The van der Waals surface area contributed by atoms with Crippen LogP contribution in [0.4, 0.5) is 0 Å². The van der Waals surface area contributed by atoms with E-state index in [9.17, 15) is 0 Å². The van der Waals surface area contributed by atoms with E-state index in [4.69, 9.17) is 0 Å². The van der Waals surface area contributed by atoms with Gasteiger partial charge in [-0.1, -0.05) is 0 Å². The van der Waals surface area contributed by atoms with Gasteiger partial charge in [0.2, 0.25) is 0 Å². The first-order chi connectivity index (χ1) is 7.74. The summed E-state index contributed by atoms with van der Waals surface area (Å²) in [4.78, 5) is 11.9. The lowest BCUT2D eigenvalue weighted by Gasteiger charge is -1.95. The van der Waals surface area contributed by atoms with Gasteiger partial charge in [-0.2, -0.15) is 5.10 Å². The number of hydrogen-bond donors (Lipinski definition) is 1. The third-order valence-electron chi connectivity index (χ3n) is 2.37. The molecule has 6 heteroatoms. The molecule has 80 valence electrons. The minimum absolute atomic E-state index is 0.777. The second kappa shape index (κ2) is 3.41. The fourth-order valence-electron chi connectivity index (χ4n) is 1.60. The molecule has 16 heavy (non-hydrogen) atoms. The van der Waals surface area contributed by atoms with E-state index in [2.05, 4.69) is 36.0 Å². The maximum Gasteiger partial charge on any atom is 0.158 e. The highest BCUT2D eigenvalue weighted by Crippen LogP contribution is 2.20. The van der Waals surface area contributed by atoms with Gasteiger partial charge < -0.3 is 4.98 Å². The Kier molecular flexibility index (Phi) is 2.03. The van der Waals surface area contributed by atoms with Crippen LogP contribution >= 0.6 is 15.9 Å². The average Bonchev–Trinajstić information content (AvgIpc) is 2.82. The Labute approximate surface area is 99.7 Å². The predicted molar refractivity (Wildman–Crippen MR) is 63.8 cm³/mol. The predicted octanol–water partition coefficient (Wildman–Crippen LogP) is 2.12. The highest BCUT2D eigenvalue weighted by atomic mass is 79.9. The molecule has 0 saturated carbocycles. The van der Waals surface area contributed by atoms with Gasteiger partial charge in [-0.3, -0.25) is 4.68 Å². The van der Waals surface area contributed by atoms with Crippen molar-refractivity contribution in [3.05, 3.63) is 29.0 Å². The normalized spacial score (nSPS) is 11.1. The van der Waals surface area contributed by atoms with E-state index in [1.54, 1.807) is 17.1 Å². The summed E-state index contributed by atoms with van der Waals surface area (Å²) in [6, 6.07) is 3.84. The molecule has 5 nitrogen and oxygen atoms in total. The molecule has 0 fully saturated rings. The molecule has 0 amide bonds. The Morgan fingerprint density at radius 2 is 2.31 bits per heavy atom. The molecule has 0 spiro atoms. The van der Waals surface area contributed by atoms with Crippen molar-refractivity contribution >= 4 is 27.1 Å². The highest BCUT2D eigenvalue weighted by Gasteiger charge is 2.09. The molecule has 0 radical (unpaired) electrons. The van der Waals surface area contributed by atoms with Crippen LogP contribution in [-0.2, 0) is 7.05 Å². The zero-order valence-corrected chi connectivity index (χ0v) is 10.1. The number of aromatic amines is 1. The van der Waals surface area contributed by atoms with Crippen LogP contribution < -0.4 is 0 Å². The van der Waals surface area contributed by atoms with Gasteiger partial charge in [0.25, 0.3) is 0 Å². The number of nitrogens with zero attached hydrogens (tertiary/aromatic N) is 4. The Bertz CT molecular complexity index is 654. The lowest BCUT2D eigenvalue weighted by molar-refractivity contribution is 0.771. The summed E-state index contributed by atoms with van der Waals surface area (Å²) >= 11 is 3.37. The van der Waals surface area contributed by atoms with Crippen LogP contribution in [0.1, 0.15) is 0 Å². The lowest BCUT2D eigenvalue weighted by Crippen LogP contribution is -1.94. The van der Waals surface area contributed by atoms with Crippen molar-refractivity contribution in [3.63, 3.8) is 0 Å². The van der Waals surface area contributed by atoms with Crippen LogP contribution in [0.15, 0.2) is 29.0 Å². The molecule has 0 bridgehead atoms. The Morgan fingerprint density at radius 1 is 1.44 bits per heavy atom. The third kappa shape index (κ3) is 1.42. The zero-order chi connectivity index (χ0) is 11.1. The number of aromatic nitrogens is 5. The van der Waals surface area contributed by atoms with Crippen LogP contribution in [0, 0.1) is 0 Å². The third-order valence-corrected chi connectivity index (χ3v) is 2.80. The van der Waals surface area contributed by atoms with E-state index < -0.39 is 0 Å². The van der Waals surface area contributed by atoms with Gasteiger partial charge in [0.1, 0.15) is 11.2 Å². The molecule has 3 heterocycles. The van der Waals surface area contributed by atoms with Crippen molar-refractivity contribution in [1.29, 1.82) is 0 Å². The Morgan fingerprint density at radius 3 is 3.06 bits per heavy atom. The van der Waals surface area contributed by atoms with Crippen molar-refractivity contribution in [2.45, 2.75) is 0 Å². The summed E-state index contributed by atoms with van der Waals surface area (Å²) in [7, 11) is 1.88. The molecule has 0 aliphatic rings. The maximum absolute atomic E-state index is 4.47. The molecule has 0 atom stereocenters. The van der Waals surface area contributed by atoms with Crippen molar-refractivity contribution in [3.8, 4) is 11.5 Å². The fourth-order valence-corrected chi connectivity index (χ4v) is 1.92. The highest BCUT2D eigenvalue weighted by molar-refractivity contribution is 9.10. The number of rotatable bonds is 1. The minimum atomic E-state index is 0.777. The van der Waals surface area contributed by atoms with E-state index in [1.807, 2.05) is 19.2 Å². The second-order valence-electron chi connectivity index (χ2n) is 3.45. The molecule has 3 rings (SSSR count). The van der Waals surface area contributed by atoms with Gasteiger partial charge in [-0.25, -0.2) is 9.97 Å². The maximum atomic E-state index is 4.47. The van der Waals surface area contributed by atoms with Crippen LogP contribution in [0.2, 0.25) is 0 Å². The first-order valence-corrected chi connectivity index (χ1v) is 5.53. The summed E-state index contributed by atoms with van der Waals surface area (Å²) in [6.07, 6.45) is 3.49. The number of imidazole rings is 1. The first-order valence-electron chi connectivity index (χ1n) is 4.74. The molecule has 1 N–H and O–H groups in total. The van der Waals surface area contributed by atoms with Crippen LogP contribution in [0.5, 0.6) is 0 Å². The molecule has 0 saturated heterocycles. The van der Waals surface area contributed by atoms with E-state index in [0.29, 0.717) is 0 Å². The average molecular weight is 278 g/mol. The van der Waals surface area contributed by atoms with Crippen molar-refractivity contribution in [1.82, 2.24) is 24.7 Å². The molecule has 3 aromatic heterocycles. The summed E-state index contributed by atoms with van der Waals surface area (Å²) in [6.45, 7) is 0. The smallest absolute Gasteiger partial charge is 0.158 e. The van der Waals surface area contributed by atoms with Crippen LogP contribution in [0.3, 0.4) is 0 Å². The quantitative estimate of drug-likeness (QED) is 0.741. The SMILES string of the molecule is Cn1nccc1-c1nc2cc(Br)cnc2[nH]1. The number of halogens is 1. The summed E-state index contributed by atoms with van der Waals surface area (Å²) in [5.41, 5.74) is 2.55. The number of aryl methyl sites for hydroxylation is 1. The van der Waals surface area contributed by atoms with Crippen LogP contribution in [0.25, 0.3) is 22.7 Å². The fraction of sp³-hybridized carbons (Fsp3) is 0.100. The molecule has 0 aliphatic heterocycles. The van der Waals surface area contributed by atoms with Crippen molar-refractivity contribution < 1.29 is 0 Å². The standard InChI is InChI=1S/C10H8BrN5/c1-16-8(2-3-13-16)10-14-7-4-6(11)5-12-9(7)15-10/h2-5H,1H3,(H,12,14,15). The molecule has 3 aromatic rings. The lowest BCUT2D eigenvalue weighted by atomic mass is 10.4. The van der Waals surface area contributed by atoms with E-state index >= 15 is 0 Å². The first kappa shape index (κ1) is 9.53. The van der Waals surface area contributed by atoms with Crippen LogP contribution in [-0.4, -0.2) is 24.7 Å². The topological polar surface area (TPSA) is 59.4 Å². The largest absolute Gasteiger partial charge is 0.321 e. The Balaban J connectivity index is 2.23. The number of hydrogen-bond acceptors (Lipinski definition) is 3. The molecular weight excluding hydrogens is 270 g/mol. The number of nitrogens with one attached hydrogen (secondary N) is 1. The van der Waals surface area contributed by atoms with Crippen molar-refractivity contribution in [2.24, 2.45) is 7.05 Å². The second-order valence-corrected chi connectivity index (χ2v) is 4.36. The molecule has 0 aliphatic carbocycles. The van der Waals surface area contributed by atoms with Gasteiger partial charge in [0, 0.05) is 23.9 Å². The zero-order valence-electron chi connectivity index (χ0n) is 8.48. The van der Waals surface area contributed by atoms with E-state index in [-0.39, 0.29) is 0 Å². The van der Waals surface area contributed by atoms with Crippen molar-refractivity contribution in [2.75, 3.05) is 0 Å². The van der Waals surface area contributed by atoms with Gasteiger partial charge in [0.15, 0.2) is 11.5 Å². The summed E-state index contributed by atoms with van der Waals surface area (Å²) in [5.74, 6) is 0.778. The number of fused-ring (bicyclic) bond motifs is 1. The minimum Gasteiger partial charge on any atom is -0.321 e. The monoisotopic (exact) mass is 277 g/mol. The number of H-pyrrole nitrogens is 1. The van der Waals surface area contributed by atoms with Gasteiger partial charge in [-0.15, -0.1) is 0 Å². The van der Waals surface area contributed by atoms with Gasteiger partial charge in [0.05, 0.1) is 0 Å². The molecular formula is C10H8BrN5. The molecule has 0 unspecified atom stereocenters. The number of pyridine rings is 1. The van der Waals surface area contributed by atoms with E-state index in [0.717, 1.165) is 27.2 Å². The molecule has 0 aromatic carbocycles. The van der Waals surface area contributed by atoms with Gasteiger partial charge in [-0.05, 0) is 28.1 Å². The Hall–Kier alpha value is -1.69. The van der Waals surface area contributed by atoms with Gasteiger partial charge >= 0.3 is 0 Å².